The minimum absolute atomic E-state index is 0.133. The molecule has 116 valence electrons. The molecular formula is C14H18ClNO4S. The van der Waals surface area contributed by atoms with E-state index in [4.69, 9.17) is 15.4 Å². The second-order valence-corrected chi connectivity index (χ2v) is 7.84. The summed E-state index contributed by atoms with van der Waals surface area (Å²) in [5.74, 6) is 0.413. The minimum Gasteiger partial charge on any atom is -0.495 e. The summed E-state index contributed by atoms with van der Waals surface area (Å²) in [6.45, 7) is 3.48. The molecule has 2 rings (SSSR count). The Morgan fingerprint density at radius 1 is 1.43 bits per heavy atom. The number of amides is 1. The summed E-state index contributed by atoms with van der Waals surface area (Å²) in [5.41, 5.74) is 0.309. The van der Waals surface area contributed by atoms with Gasteiger partial charge in [0.2, 0.25) is 0 Å². The number of hydrogen-bond acceptors (Lipinski definition) is 4. The van der Waals surface area contributed by atoms with Crippen molar-refractivity contribution in [1.82, 2.24) is 4.90 Å². The summed E-state index contributed by atoms with van der Waals surface area (Å²) in [7, 11) is 2.78. The Morgan fingerprint density at radius 2 is 2.14 bits per heavy atom. The molecule has 1 aromatic carbocycles. The molecule has 21 heavy (non-hydrogen) atoms. The second kappa shape index (κ2) is 6.23. The molecule has 0 bridgehead atoms. The summed E-state index contributed by atoms with van der Waals surface area (Å²) in [6, 6.07) is 4.30. The first-order chi connectivity index (χ1) is 9.82. The molecule has 1 amide bonds. The lowest BCUT2D eigenvalue weighted by molar-refractivity contribution is 0.0682. The van der Waals surface area contributed by atoms with Crippen LogP contribution in [-0.2, 0) is 9.05 Å². The Kier molecular flexibility index (Phi) is 4.78. The van der Waals surface area contributed by atoms with E-state index in [0.29, 0.717) is 24.6 Å². The van der Waals surface area contributed by atoms with Crippen LogP contribution in [0.2, 0.25) is 0 Å². The Hall–Kier alpha value is -1.27. The van der Waals surface area contributed by atoms with Gasteiger partial charge in [-0.05, 0) is 37.0 Å². The number of ether oxygens (including phenoxy) is 1. The largest absolute Gasteiger partial charge is 0.495 e. The topological polar surface area (TPSA) is 63.7 Å². The van der Waals surface area contributed by atoms with Crippen LogP contribution in [0.25, 0.3) is 0 Å². The number of piperidine rings is 1. The zero-order chi connectivity index (χ0) is 15.6. The van der Waals surface area contributed by atoms with Gasteiger partial charge in [-0.25, -0.2) is 8.42 Å². The van der Waals surface area contributed by atoms with Crippen LogP contribution in [-0.4, -0.2) is 39.4 Å². The third-order valence-electron chi connectivity index (χ3n) is 3.62. The van der Waals surface area contributed by atoms with Crippen LogP contribution in [0.3, 0.4) is 0 Å². The van der Waals surface area contributed by atoms with Crippen LogP contribution in [0.15, 0.2) is 23.1 Å². The van der Waals surface area contributed by atoms with E-state index in [2.05, 4.69) is 6.92 Å². The molecule has 0 aliphatic carbocycles. The number of nitrogens with zero attached hydrogens (tertiary/aromatic N) is 1. The lowest BCUT2D eigenvalue weighted by Crippen LogP contribution is -2.39. The predicted molar refractivity (Wildman–Crippen MR) is 80.3 cm³/mol. The Labute approximate surface area is 129 Å². The highest BCUT2D eigenvalue weighted by molar-refractivity contribution is 8.13. The van der Waals surface area contributed by atoms with E-state index >= 15 is 0 Å². The molecule has 7 heteroatoms. The molecule has 1 atom stereocenters. The third-order valence-corrected chi connectivity index (χ3v) is 4.96. The highest BCUT2D eigenvalue weighted by atomic mass is 35.7. The van der Waals surface area contributed by atoms with Crippen molar-refractivity contribution in [3.8, 4) is 5.75 Å². The molecule has 1 unspecified atom stereocenters. The van der Waals surface area contributed by atoms with E-state index in [1.54, 1.807) is 11.0 Å². The maximum absolute atomic E-state index is 12.5. The molecule has 1 fully saturated rings. The fourth-order valence-corrected chi connectivity index (χ4v) is 3.58. The normalized spacial score (nSPS) is 19.4. The van der Waals surface area contributed by atoms with Crippen molar-refractivity contribution in [3.63, 3.8) is 0 Å². The van der Waals surface area contributed by atoms with Crippen molar-refractivity contribution < 1.29 is 17.9 Å². The summed E-state index contributed by atoms with van der Waals surface area (Å²) >= 11 is 0. The molecule has 0 saturated carbocycles. The minimum atomic E-state index is -3.97. The second-order valence-electron chi connectivity index (χ2n) is 5.30. The van der Waals surface area contributed by atoms with Crippen LogP contribution < -0.4 is 4.74 Å². The van der Waals surface area contributed by atoms with Gasteiger partial charge >= 0.3 is 0 Å². The van der Waals surface area contributed by atoms with Gasteiger partial charge in [0.25, 0.3) is 15.0 Å². The number of benzene rings is 1. The van der Waals surface area contributed by atoms with Crippen molar-refractivity contribution in [2.75, 3.05) is 20.2 Å². The lowest BCUT2D eigenvalue weighted by atomic mass is 9.99. The van der Waals surface area contributed by atoms with Gasteiger partial charge in [0.05, 0.1) is 7.11 Å². The molecule has 1 saturated heterocycles. The van der Waals surface area contributed by atoms with E-state index in [9.17, 15) is 13.2 Å². The SMILES string of the molecule is COc1ccc(C(=O)N2CCCC(C)C2)cc1S(=O)(=O)Cl. The van der Waals surface area contributed by atoms with E-state index in [1.807, 2.05) is 0 Å². The van der Waals surface area contributed by atoms with Gasteiger partial charge in [-0.2, -0.15) is 0 Å². The molecule has 5 nitrogen and oxygen atoms in total. The number of halogens is 1. The Bertz CT molecular complexity index is 644. The monoisotopic (exact) mass is 331 g/mol. The number of hydrogen-bond donors (Lipinski definition) is 0. The van der Waals surface area contributed by atoms with Gasteiger partial charge in [-0.3, -0.25) is 4.79 Å². The molecule has 1 aliphatic rings. The van der Waals surface area contributed by atoms with E-state index in [0.717, 1.165) is 12.8 Å². The zero-order valence-corrected chi connectivity index (χ0v) is 13.6. The summed E-state index contributed by atoms with van der Waals surface area (Å²) in [6.07, 6.45) is 2.07. The first-order valence-corrected chi connectivity index (χ1v) is 9.06. The molecule has 0 aromatic heterocycles. The average Bonchev–Trinajstić information content (AvgIpc) is 2.45. The predicted octanol–water partition coefficient (Wildman–Crippen LogP) is 2.49. The van der Waals surface area contributed by atoms with E-state index in [1.165, 1.54) is 19.2 Å². The van der Waals surface area contributed by atoms with Gasteiger partial charge in [0.15, 0.2) is 0 Å². The smallest absolute Gasteiger partial charge is 0.265 e. The van der Waals surface area contributed by atoms with Gasteiger partial charge in [-0.1, -0.05) is 6.92 Å². The first kappa shape index (κ1) is 16.1. The summed E-state index contributed by atoms with van der Waals surface area (Å²) in [5, 5.41) is 0. The van der Waals surface area contributed by atoms with Crippen molar-refractivity contribution in [3.05, 3.63) is 23.8 Å². The molecule has 1 aromatic rings. The van der Waals surface area contributed by atoms with Crippen molar-refractivity contribution in [2.24, 2.45) is 5.92 Å². The molecule has 1 heterocycles. The maximum atomic E-state index is 12.5. The Balaban J connectivity index is 2.34. The number of rotatable bonds is 3. The van der Waals surface area contributed by atoms with E-state index < -0.39 is 9.05 Å². The molecule has 0 spiro atoms. The first-order valence-electron chi connectivity index (χ1n) is 6.75. The van der Waals surface area contributed by atoms with Crippen molar-refractivity contribution >= 4 is 25.6 Å². The zero-order valence-electron chi connectivity index (χ0n) is 12.0. The van der Waals surface area contributed by atoms with Crippen LogP contribution >= 0.6 is 10.7 Å². The number of likely N-dealkylation sites (tertiary alicyclic amines) is 1. The average molecular weight is 332 g/mol. The maximum Gasteiger partial charge on any atom is 0.265 e. The highest BCUT2D eigenvalue weighted by Gasteiger charge is 2.24. The van der Waals surface area contributed by atoms with Gasteiger partial charge in [0.1, 0.15) is 10.6 Å². The fourth-order valence-electron chi connectivity index (χ4n) is 2.56. The van der Waals surface area contributed by atoms with Gasteiger partial charge in [-0.15, -0.1) is 0 Å². The molecule has 1 aliphatic heterocycles. The number of carbonyl (C=O) groups excluding carboxylic acids is 1. The van der Waals surface area contributed by atoms with E-state index in [-0.39, 0.29) is 16.6 Å². The Morgan fingerprint density at radius 3 is 2.71 bits per heavy atom. The molecular weight excluding hydrogens is 314 g/mol. The lowest BCUT2D eigenvalue weighted by Gasteiger charge is -2.31. The molecule has 0 N–H and O–H groups in total. The molecule has 0 radical (unpaired) electrons. The quantitative estimate of drug-likeness (QED) is 0.798. The highest BCUT2D eigenvalue weighted by Crippen LogP contribution is 2.28. The third kappa shape index (κ3) is 3.68. The van der Waals surface area contributed by atoms with Crippen LogP contribution in [0.4, 0.5) is 0 Å². The summed E-state index contributed by atoms with van der Waals surface area (Å²) < 4.78 is 28.1. The van der Waals surface area contributed by atoms with Crippen molar-refractivity contribution in [1.29, 1.82) is 0 Å². The van der Waals surface area contributed by atoms with Crippen LogP contribution in [0.5, 0.6) is 5.75 Å². The fraction of sp³-hybridized carbons (Fsp3) is 0.500. The van der Waals surface area contributed by atoms with Gasteiger partial charge in [0, 0.05) is 29.3 Å². The number of methoxy groups -OCH3 is 1. The van der Waals surface area contributed by atoms with Crippen LogP contribution in [0.1, 0.15) is 30.1 Å². The number of carbonyl (C=O) groups is 1. The van der Waals surface area contributed by atoms with Gasteiger partial charge < -0.3 is 9.64 Å². The van der Waals surface area contributed by atoms with Crippen LogP contribution in [0, 0.1) is 5.92 Å². The summed E-state index contributed by atoms with van der Waals surface area (Å²) in [4.78, 5) is 14.0. The van der Waals surface area contributed by atoms with Crippen molar-refractivity contribution in [2.45, 2.75) is 24.7 Å². The standard InChI is InChI=1S/C14H18ClNO4S/c1-10-4-3-7-16(9-10)14(17)11-5-6-12(20-2)13(8-11)21(15,18)19/h5-6,8,10H,3-4,7,9H2,1-2H3.